The summed E-state index contributed by atoms with van der Waals surface area (Å²) in [6, 6.07) is 6.23. The molecule has 1 saturated heterocycles. The van der Waals surface area contributed by atoms with Crippen LogP contribution in [0.25, 0.3) is 10.9 Å². The number of alkyl halides is 3. The van der Waals surface area contributed by atoms with Crippen LogP contribution in [0.15, 0.2) is 30.5 Å². The maximum absolute atomic E-state index is 12.7. The third-order valence-electron chi connectivity index (χ3n) is 4.68. The molecule has 9 heteroatoms. The molecule has 3 rings (SSSR count). The molecule has 158 valence electrons. The Balaban J connectivity index is 1.82. The van der Waals surface area contributed by atoms with Crippen molar-refractivity contribution in [3.63, 3.8) is 0 Å². The summed E-state index contributed by atoms with van der Waals surface area (Å²) in [5, 5.41) is 0.549. The Morgan fingerprint density at radius 3 is 2.62 bits per heavy atom. The SMILES string of the molecule is CN(c1ccc(OC(F)(F)F)c2ncccc12)[C@H]1CCN(C(=O)OC(C)(C)C)C1. The first kappa shape index (κ1) is 21.0. The predicted octanol–water partition coefficient (Wildman–Crippen LogP) is 4.58. The topological polar surface area (TPSA) is 54.9 Å². The number of aromatic nitrogens is 1. The van der Waals surface area contributed by atoms with Crippen molar-refractivity contribution >= 4 is 22.7 Å². The number of carbonyl (C=O) groups is 1. The van der Waals surface area contributed by atoms with Crippen LogP contribution < -0.4 is 9.64 Å². The molecule has 2 aromatic rings. The van der Waals surface area contributed by atoms with Crippen LogP contribution >= 0.6 is 0 Å². The first-order valence-corrected chi connectivity index (χ1v) is 9.29. The molecule has 1 aromatic carbocycles. The quantitative estimate of drug-likeness (QED) is 0.740. The van der Waals surface area contributed by atoms with Crippen molar-refractivity contribution in [1.82, 2.24) is 9.88 Å². The van der Waals surface area contributed by atoms with Crippen LogP contribution in [-0.2, 0) is 4.74 Å². The Morgan fingerprint density at radius 1 is 1.24 bits per heavy atom. The molecule has 0 bridgehead atoms. The Hall–Kier alpha value is -2.71. The maximum Gasteiger partial charge on any atom is 0.573 e. The number of hydrogen-bond acceptors (Lipinski definition) is 5. The van der Waals surface area contributed by atoms with Crippen LogP contribution in [0.3, 0.4) is 0 Å². The van der Waals surface area contributed by atoms with Crippen molar-refractivity contribution in [3.05, 3.63) is 30.5 Å². The highest BCUT2D eigenvalue weighted by atomic mass is 19.4. The van der Waals surface area contributed by atoms with Gasteiger partial charge in [-0.15, -0.1) is 13.2 Å². The lowest BCUT2D eigenvalue weighted by atomic mass is 10.1. The van der Waals surface area contributed by atoms with Gasteiger partial charge in [-0.25, -0.2) is 4.79 Å². The summed E-state index contributed by atoms with van der Waals surface area (Å²) in [6.45, 7) is 6.46. The van der Waals surface area contributed by atoms with E-state index in [1.54, 1.807) is 23.1 Å². The number of halogens is 3. The van der Waals surface area contributed by atoms with Gasteiger partial charge in [0.05, 0.1) is 0 Å². The van der Waals surface area contributed by atoms with Crippen molar-refractivity contribution < 1.29 is 27.4 Å². The zero-order valence-electron chi connectivity index (χ0n) is 16.8. The lowest BCUT2D eigenvalue weighted by Gasteiger charge is -2.29. The lowest BCUT2D eigenvalue weighted by Crippen LogP contribution is -2.39. The zero-order valence-corrected chi connectivity index (χ0v) is 16.8. The Morgan fingerprint density at radius 2 is 1.97 bits per heavy atom. The molecule has 1 aliphatic rings. The van der Waals surface area contributed by atoms with E-state index in [0.29, 0.717) is 18.5 Å². The number of rotatable bonds is 3. The highest BCUT2D eigenvalue weighted by Gasteiger charge is 2.34. The highest BCUT2D eigenvalue weighted by molar-refractivity contribution is 5.95. The number of hydrogen-bond donors (Lipinski definition) is 0. The van der Waals surface area contributed by atoms with E-state index in [0.717, 1.165) is 12.1 Å². The first-order valence-electron chi connectivity index (χ1n) is 9.29. The summed E-state index contributed by atoms with van der Waals surface area (Å²) in [4.78, 5) is 20.0. The van der Waals surface area contributed by atoms with Gasteiger partial charge in [-0.3, -0.25) is 4.98 Å². The third kappa shape index (κ3) is 5.02. The minimum Gasteiger partial charge on any atom is -0.444 e. The first-order chi connectivity index (χ1) is 13.4. The molecule has 2 heterocycles. The molecule has 0 unspecified atom stereocenters. The summed E-state index contributed by atoms with van der Waals surface area (Å²) in [6.07, 6.45) is -3.01. The van der Waals surface area contributed by atoms with Crippen LogP contribution in [0.1, 0.15) is 27.2 Å². The number of pyridine rings is 1. The second-order valence-corrected chi connectivity index (χ2v) is 8.01. The fraction of sp³-hybridized carbons (Fsp3) is 0.500. The summed E-state index contributed by atoms with van der Waals surface area (Å²) in [7, 11) is 1.86. The van der Waals surface area contributed by atoms with Gasteiger partial charge in [0.1, 0.15) is 11.1 Å². The van der Waals surface area contributed by atoms with Gasteiger partial charge >= 0.3 is 12.5 Å². The molecule has 6 nitrogen and oxygen atoms in total. The normalized spacial score (nSPS) is 17.5. The highest BCUT2D eigenvalue weighted by Crippen LogP contribution is 2.36. The van der Waals surface area contributed by atoms with E-state index in [4.69, 9.17) is 4.74 Å². The molecule has 0 aliphatic carbocycles. The standard InChI is InChI=1S/C20H24F3N3O3/c1-19(2,3)29-18(27)26-11-9-13(12-26)25(4)15-7-8-16(28-20(21,22)23)17-14(15)6-5-10-24-17/h5-8,10,13H,9,11-12H2,1-4H3/t13-/m0/s1. The monoisotopic (exact) mass is 411 g/mol. The minimum absolute atomic E-state index is 0.000286. The molecule has 1 amide bonds. The number of fused-ring (bicyclic) bond motifs is 1. The number of likely N-dealkylation sites (N-methyl/N-ethyl adjacent to an activating group) is 1. The van der Waals surface area contributed by atoms with Crippen molar-refractivity contribution in [2.75, 3.05) is 25.0 Å². The number of anilines is 1. The van der Waals surface area contributed by atoms with Crippen LogP contribution in [-0.4, -0.2) is 54.1 Å². The predicted molar refractivity (Wildman–Crippen MR) is 103 cm³/mol. The van der Waals surface area contributed by atoms with Gasteiger partial charge in [0.15, 0.2) is 5.75 Å². The van der Waals surface area contributed by atoms with E-state index in [2.05, 4.69) is 9.72 Å². The van der Waals surface area contributed by atoms with E-state index in [1.165, 1.54) is 12.3 Å². The number of ether oxygens (including phenoxy) is 2. The van der Waals surface area contributed by atoms with Gasteiger partial charge in [-0.1, -0.05) is 0 Å². The fourth-order valence-corrected chi connectivity index (χ4v) is 3.39. The van der Waals surface area contributed by atoms with Gasteiger partial charge in [0.25, 0.3) is 0 Å². The largest absolute Gasteiger partial charge is 0.573 e. The average Bonchev–Trinajstić information content (AvgIpc) is 3.09. The molecule has 0 saturated carbocycles. The van der Waals surface area contributed by atoms with Crippen LogP contribution in [0.2, 0.25) is 0 Å². The van der Waals surface area contributed by atoms with Crippen LogP contribution in [0, 0.1) is 0 Å². The number of amides is 1. The lowest BCUT2D eigenvalue weighted by molar-refractivity contribution is -0.274. The van der Waals surface area contributed by atoms with Crippen LogP contribution in [0.4, 0.5) is 23.7 Å². The van der Waals surface area contributed by atoms with E-state index >= 15 is 0 Å². The second-order valence-electron chi connectivity index (χ2n) is 8.01. The Bertz CT molecular complexity index is 896. The molecule has 1 fully saturated rings. The van der Waals surface area contributed by atoms with Gasteiger partial charge in [-0.2, -0.15) is 0 Å². The molecule has 0 N–H and O–H groups in total. The number of nitrogens with zero attached hydrogens (tertiary/aromatic N) is 3. The molecular weight excluding hydrogens is 387 g/mol. The average molecular weight is 411 g/mol. The smallest absolute Gasteiger partial charge is 0.444 e. The molecule has 1 aliphatic heterocycles. The van der Waals surface area contributed by atoms with Gasteiger partial charge < -0.3 is 19.3 Å². The summed E-state index contributed by atoms with van der Waals surface area (Å²) >= 11 is 0. The van der Waals surface area contributed by atoms with Gasteiger partial charge in [0, 0.05) is 43.4 Å². The Labute approximate surface area is 167 Å². The summed E-state index contributed by atoms with van der Waals surface area (Å²) in [5.74, 6) is -0.341. The van der Waals surface area contributed by atoms with Gasteiger partial charge in [-0.05, 0) is 51.5 Å². The molecular formula is C20H24F3N3O3. The van der Waals surface area contributed by atoms with Crippen molar-refractivity contribution in [1.29, 1.82) is 0 Å². The third-order valence-corrected chi connectivity index (χ3v) is 4.68. The molecule has 1 aromatic heterocycles. The number of carbonyl (C=O) groups excluding carboxylic acids is 1. The molecule has 0 radical (unpaired) electrons. The van der Waals surface area contributed by atoms with Crippen molar-refractivity contribution in [2.24, 2.45) is 0 Å². The van der Waals surface area contributed by atoms with E-state index < -0.39 is 12.0 Å². The van der Waals surface area contributed by atoms with Crippen LogP contribution in [0.5, 0.6) is 5.75 Å². The maximum atomic E-state index is 12.7. The fourth-order valence-electron chi connectivity index (χ4n) is 3.39. The van der Waals surface area contributed by atoms with Crippen molar-refractivity contribution in [3.8, 4) is 5.75 Å². The van der Waals surface area contributed by atoms with E-state index in [-0.39, 0.29) is 23.4 Å². The van der Waals surface area contributed by atoms with Gasteiger partial charge in [0.2, 0.25) is 0 Å². The Kier molecular flexibility index (Phi) is 5.51. The number of benzene rings is 1. The summed E-state index contributed by atoms with van der Waals surface area (Å²) < 4.78 is 47.6. The van der Waals surface area contributed by atoms with Crippen molar-refractivity contribution in [2.45, 2.75) is 45.2 Å². The number of likely N-dealkylation sites (tertiary alicyclic amines) is 1. The molecule has 0 spiro atoms. The zero-order chi connectivity index (χ0) is 21.4. The van der Waals surface area contributed by atoms with E-state index in [9.17, 15) is 18.0 Å². The molecule has 29 heavy (non-hydrogen) atoms. The molecule has 1 atom stereocenters. The summed E-state index contributed by atoms with van der Waals surface area (Å²) in [5.41, 5.74) is 0.284. The second kappa shape index (κ2) is 7.61. The minimum atomic E-state index is -4.79. The van der Waals surface area contributed by atoms with E-state index in [1.807, 2.05) is 32.7 Å².